The van der Waals surface area contributed by atoms with E-state index in [1.807, 2.05) is 6.92 Å². The number of carbonyl (C=O) groups is 1. The summed E-state index contributed by atoms with van der Waals surface area (Å²) in [6.45, 7) is 6.10. The number of primary amides is 1. The molecule has 1 rings (SSSR count). The lowest BCUT2D eigenvalue weighted by Crippen LogP contribution is -2.40. The van der Waals surface area contributed by atoms with Crippen molar-refractivity contribution in [1.82, 2.24) is 5.32 Å². The van der Waals surface area contributed by atoms with Crippen molar-refractivity contribution in [3.05, 3.63) is 35.6 Å². The Labute approximate surface area is 101 Å². The molecule has 2 atom stereocenters. The number of rotatable bonds is 5. The molecular weight excluding hydrogens is 219 g/mol. The first kappa shape index (κ1) is 13.6. The van der Waals surface area contributed by atoms with Crippen LogP contribution in [-0.2, 0) is 4.79 Å². The summed E-state index contributed by atoms with van der Waals surface area (Å²) in [7, 11) is 0. The van der Waals surface area contributed by atoms with Gasteiger partial charge in [0.15, 0.2) is 0 Å². The van der Waals surface area contributed by atoms with Gasteiger partial charge in [-0.3, -0.25) is 10.1 Å². The molecule has 1 aromatic rings. The van der Waals surface area contributed by atoms with Gasteiger partial charge in [-0.25, -0.2) is 4.39 Å². The zero-order valence-corrected chi connectivity index (χ0v) is 10.4. The number of carbonyl (C=O) groups excluding carboxylic acids is 1. The summed E-state index contributed by atoms with van der Waals surface area (Å²) < 4.78 is 12.8. The predicted molar refractivity (Wildman–Crippen MR) is 65.8 cm³/mol. The fraction of sp³-hybridized carbons (Fsp3) is 0.462. The van der Waals surface area contributed by atoms with Crippen LogP contribution in [0.15, 0.2) is 24.3 Å². The van der Waals surface area contributed by atoms with E-state index in [4.69, 9.17) is 5.73 Å². The minimum Gasteiger partial charge on any atom is -0.368 e. The second kappa shape index (κ2) is 5.77. The van der Waals surface area contributed by atoms with E-state index >= 15 is 0 Å². The van der Waals surface area contributed by atoms with E-state index in [2.05, 4.69) is 19.2 Å². The first-order valence-electron chi connectivity index (χ1n) is 5.72. The van der Waals surface area contributed by atoms with Crippen LogP contribution in [0.1, 0.15) is 32.4 Å². The van der Waals surface area contributed by atoms with Gasteiger partial charge < -0.3 is 5.73 Å². The summed E-state index contributed by atoms with van der Waals surface area (Å²) in [5.41, 5.74) is 6.05. The molecule has 0 aliphatic carbocycles. The smallest absolute Gasteiger partial charge is 0.239 e. The molecule has 0 aromatic heterocycles. The summed E-state index contributed by atoms with van der Waals surface area (Å²) in [4.78, 5) is 11.4. The van der Waals surface area contributed by atoms with Gasteiger partial charge in [0, 0.05) is 6.04 Å². The molecule has 0 aliphatic heterocycles. The lowest BCUT2D eigenvalue weighted by atomic mass is 10.0. The molecule has 1 amide bonds. The van der Waals surface area contributed by atoms with Crippen LogP contribution in [0, 0.1) is 11.7 Å². The van der Waals surface area contributed by atoms with Gasteiger partial charge in [0.25, 0.3) is 0 Å². The van der Waals surface area contributed by atoms with Crippen LogP contribution >= 0.6 is 0 Å². The highest BCUT2D eigenvalue weighted by Gasteiger charge is 2.20. The summed E-state index contributed by atoms with van der Waals surface area (Å²) in [5.74, 6) is -0.393. The van der Waals surface area contributed by atoms with Crippen LogP contribution in [0.3, 0.4) is 0 Å². The normalized spacial score (nSPS) is 14.6. The molecule has 0 unspecified atom stereocenters. The van der Waals surface area contributed by atoms with Gasteiger partial charge in [-0.2, -0.15) is 0 Å². The van der Waals surface area contributed by atoms with E-state index in [1.54, 1.807) is 12.1 Å². The van der Waals surface area contributed by atoms with Crippen LogP contribution < -0.4 is 11.1 Å². The third-order valence-electron chi connectivity index (χ3n) is 2.92. The largest absolute Gasteiger partial charge is 0.368 e. The topological polar surface area (TPSA) is 55.1 Å². The summed E-state index contributed by atoms with van der Waals surface area (Å²) in [6.07, 6.45) is 0. The molecule has 0 saturated carbocycles. The molecular formula is C13H19FN2O. The SMILES string of the molecule is CC(C)[C@@H](C)N[C@H](C(N)=O)c1ccc(F)cc1. The molecule has 0 spiro atoms. The van der Waals surface area contributed by atoms with Crippen molar-refractivity contribution in [1.29, 1.82) is 0 Å². The summed E-state index contributed by atoms with van der Waals surface area (Å²) >= 11 is 0. The van der Waals surface area contributed by atoms with Crippen molar-refractivity contribution in [3.63, 3.8) is 0 Å². The molecule has 17 heavy (non-hydrogen) atoms. The molecule has 0 aliphatic rings. The van der Waals surface area contributed by atoms with Crippen molar-refractivity contribution >= 4 is 5.91 Å². The Kier molecular flexibility index (Phi) is 4.63. The first-order valence-corrected chi connectivity index (χ1v) is 5.72. The maximum Gasteiger partial charge on any atom is 0.239 e. The zero-order chi connectivity index (χ0) is 13.0. The molecule has 3 N–H and O–H groups in total. The van der Waals surface area contributed by atoms with Crippen molar-refractivity contribution in [2.75, 3.05) is 0 Å². The standard InChI is InChI=1S/C13H19FN2O/c1-8(2)9(3)16-12(13(15)17)10-4-6-11(14)7-5-10/h4-9,12,16H,1-3H3,(H2,15,17)/t9-,12+/m1/s1. The van der Waals surface area contributed by atoms with E-state index in [1.165, 1.54) is 12.1 Å². The number of hydrogen-bond acceptors (Lipinski definition) is 2. The number of amides is 1. The lowest BCUT2D eigenvalue weighted by Gasteiger charge is -2.23. The average Bonchev–Trinajstić information content (AvgIpc) is 2.26. The molecule has 4 heteroatoms. The molecule has 0 heterocycles. The minimum absolute atomic E-state index is 0.151. The zero-order valence-electron chi connectivity index (χ0n) is 10.4. The molecule has 1 aromatic carbocycles. The van der Waals surface area contributed by atoms with Crippen LogP contribution in [0.5, 0.6) is 0 Å². The van der Waals surface area contributed by atoms with E-state index < -0.39 is 11.9 Å². The van der Waals surface area contributed by atoms with Crippen LogP contribution in [0.4, 0.5) is 4.39 Å². The number of halogens is 1. The molecule has 0 radical (unpaired) electrons. The fourth-order valence-corrected chi connectivity index (χ4v) is 1.45. The predicted octanol–water partition coefficient (Wildman–Crippen LogP) is 1.99. The molecule has 0 saturated heterocycles. The van der Waals surface area contributed by atoms with Gasteiger partial charge in [0.1, 0.15) is 11.9 Å². The van der Waals surface area contributed by atoms with Gasteiger partial charge in [0.2, 0.25) is 5.91 Å². The average molecular weight is 238 g/mol. The number of nitrogens with two attached hydrogens (primary N) is 1. The maximum atomic E-state index is 12.8. The third-order valence-corrected chi connectivity index (χ3v) is 2.92. The second-order valence-electron chi connectivity index (χ2n) is 4.59. The number of nitrogens with one attached hydrogen (secondary N) is 1. The van der Waals surface area contributed by atoms with Gasteiger partial charge in [-0.1, -0.05) is 26.0 Å². The number of benzene rings is 1. The van der Waals surface area contributed by atoms with Crippen molar-refractivity contribution in [2.24, 2.45) is 11.7 Å². The van der Waals surface area contributed by atoms with Crippen LogP contribution in [0.25, 0.3) is 0 Å². The van der Waals surface area contributed by atoms with Gasteiger partial charge >= 0.3 is 0 Å². The van der Waals surface area contributed by atoms with Gasteiger partial charge in [0.05, 0.1) is 0 Å². The van der Waals surface area contributed by atoms with Gasteiger partial charge in [-0.05, 0) is 30.5 Å². The monoisotopic (exact) mass is 238 g/mol. The maximum absolute atomic E-state index is 12.8. The molecule has 0 fully saturated rings. The Morgan fingerprint density at radius 3 is 2.18 bits per heavy atom. The van der Waals surface area contributed by atoms with E-state index in [0.29, 0.717) is 11.5 Å². The van der Waals surface area contributed by atoms with E-state index in [-0.39, 0.29) is 11.9 Å². The second-order valence-corrected chi connectivity index (χ2v) is 4.59. The van der Waals surface area contributed by atoms with Gasteiger partial charge in [-0.15, -0.1) is 0 Å². The highest BCUT2D eigenvalue weighted by atomic mass is 19.1. The molecule has 3 nitrogen and oxygen atoms in total. The highest BCUT2D eigenvalue weighted by molar-refractivity contribution is 5.81. The van der Waals surface area contributed by atoms with E-state index in [0.717, 1.165) is 0 Å². The highest BCUT2D eigenvalue weighted by Crippen LogP contribution is 2.15. The summed E-state index contributed by atoms with van der Waals surface area (Å²) in [5, 5.41) is 3.15. The Hall–Kier alpha value is -1.42. The van der Waals surface area contributed by atoms with Crippen LogP contribution in [0.2, 0.25) is 0 Å². The third kappa shape index (κ3) is 3.82. The van der Waals surface area contributed by atoms with E-state index in [9.17, 15) is 9.18 Å². The van der Waals surface area contributed by atoms with Crippen LogP contribution in [-0.4, -0.2) is 11.9 Å². The van der Waals surface area contributed by atoms with Crippen molar-refractivity contribution in [2.45, 2.75) is 32.9 Å². The molecule has 94 valence electrons. The first-order chi connectivity index (χ1) is 7.91. The molecule has 0 bridgehead atoms. The minimum atomic E-state index is -0.576. The quantitative estimate of drug-likeness (QED) is 0.824. The Morgan fingerprint density at radius 1 is 1.24 bits per heavy atom. The number of hydrogen-bond donors (Lipinski definition) is 2. The van der Waals surface area contributed by atoms with Crippen molar-refractivity contribution < 1.29 is 9.18 Å². The summed E-state index contributed by atoms with van der Waals surface area (Å²) in [6, 6.07) is 5.38. The van der Waals surface area contributed by atoms with Crippen molar-refractivity contribution in [3.8, 4) is 0 Å². The fourth-order valence-electron chi connectivity index (χ4n) is 1.45. The Balaban J connectivity index is 2.86. The lowest BCUT2D eigenvalue weighted by molar-refractivity contribution is -0.120. The Morgan fingerprint density at radius 2 is 1.76 bits per heavy atom. The Bertz CT molecular complexity index is 376.